The Bertz CT molecular complexity index is 424. The van der Waals surface area contributed by atoms with Gasteiger partial charge in [-0.2, -0.15) is 0 Å². The van der Waals surface area contributed by atoms with Crippen molar-refractivity contribution in [1.82, 2.24) is 5.32 Å². The van der Waals surface area contributed by atoms with Crippen LogP contribution < -0.4 is 11.1 Å². The van der Waals surface area contributed by atoms with Crippen LogP contribution in [0, 0.1) is 5.41 Å². The van der Waals surface area contributed by atoms with Crippen molar-refractivity contribution in [1.29, 1.82) is 0 Å². The van der Waals surface area contributed by atoms with E-state index in [1.807, 2.05) is 30.3 Å². The Labute approximate surface area is 127 Å². The zero-order valence-corrected chi connectivity index (χ0v) is 12.6. The first-order valence-corrected chi connectivity index (χ1v) is 7.83. The molecular weight excluding hydrogens is 264 g/mol. The molecular formula is C17H26N2O2. The van der Waals surface area contributed by atoms with Crippen molar-refractivity contribution < 1.29 is 9.53 Å². The lowest BCUT2D eigenvalue weighted by Gasteiger charge is -2.40. The van der Waals surface area contributed by atoms with Gasteiger partial charge in [-0.15, -0.1) is 0 Å². The van der Waals surface area contributed by atoms with Gasteiger partial charge < -0.3 is 15.8 Å². The molecule has 4 heteroatoms. The van der Waals surface area contributed by atoms with Gasteiger partial charge in [0.1, 0.15) is 0 Å². The van der Waals surface area contributed by atoms with Gasteiger partial charge in [0.15, 0.2) is 0 Å². The number of nitrogens with two attached hydrogens (primary N) is 1. The Hall–Kier alpha value is -1.39. The molecule has 0 aliphatic heterocycles. The summed E-state index contributed by atoms with van der Waals surface area (Å²) in [4.78, 5) is 11.9. The molecule has 1 fully saturated rings. The first kappa shape index (κ1) is 16.0. The lowest BCUT2D eigenvalue weighted by Crippen LogP contribution is -2.42. The maximum Gasteiger partial charge on any atom is 0.220 e. The normalized spacial score (nSPS) is 16.2. The molecule has 1 amide bonds. The molecule has 1 saturated carbocycles. The van der Waals surface area contributed by atoms with Crippen LogP contribution in [0.4, 0.5) is 0 Å². The molecule has 4 nitrogen and oxygen atoms in total. The van der Waals surface area contributed by atoms with Crippen LogP contribution >= 0.6 is 0 Å². The molecule has 2 rings (SSSR count). The number of rotatable bonds is 9. The van der Waals surface area contributed by atoms with Crippen LogP contribution in [-0.4, -0.2) is 25.6 Å². The van der Waals surface area contributed by atoms with E-state index in [0.717, 1.165) is 19.3 Å². The van der Waals surface area contributed by atoms with Gasteiger partial charge >= 0.3 is 0 Å². The zero-order chi connectivity index (χ0) is 15.0. The number of nitrogens with one attached hydrogen (secondary N) is 1. The second-order valence-electron chi connectivity index (χ2n) is 5.98. The Balaban J connectivity index is 1.50. The summed E-state index contributed by atoms with van der Waals surface area (Å²) in [5.74, 6) is 0.128. The van der Waals surface area contributed by atoms with E-state index in [0.29, 0.717) is 32.7 Å². The molecule has 21 heavy (non-hydrogen) atoms. The molecule has 116 valence electrons. The van der Waals surface area contributed by atoms with Gasteiger partial charge in [-0.3, -0.25) is 4.79 Å². The van der Waals surface area contributed by atoms with Crippen molar-refractivity contribution in [2.75, 3.05) is 19.7 Å². The third-order valence-corrected chi connectivity index (χ3v) is 4.28. The lowest BCUT2D eigenvalue weighted by atomic mass is 9.66. The number of hydrogen-bond acceptors (Lipinski definition) is 3. The molecule has 0 atom stereocenters. The number of ether oxygens (including phenoxy) is 1. The fourth-order valence-corrected chi connectivity index (χ4v) is 2.70. The fourth-order valence-electron chi connectivity index (χ4n) is 2.70. The molecule has 1 aromatic carbocycles. The largest absolute Gasteiger partial charge is 0.377 e. The summed E-state index contributed by atoms with van der Waals surface area (Å²) in [6, 6.07) is 10.1. The van der Waals surface area contributed by atoms with Crippen LogP contribution in [-0.2, 0) is 16.1 Å². The van der Waals surface area contributed by atoms with E-state index in [4.69, 9.17) is 10.5 Å². The van der Waals surface area contributed by atoms with Crippen molar-refractivity contribution in [3.05, 3.63) is 35.9 Å². The standard InChI is InChI=1S/C17H26N2O2/c18-14-17(8-4-9-17)12-16(20)19-10-5-11-21-13-15-6-2-1-3-7-15/h1-3,6-7H,4-5,8-14,18H2,(H,19,20). The molecule has 0 radical (unpaired) electrons. The average molecular weight is 290 g/mol. The lowest BCUT2D eigenvalue weighted by molar-refractivity contribution is -0.124. The summed E-state index contributed by atoms with van der Waals surface area (Å²) >= 11 is 0. The van der Waals surface area contributed by atoms with Crippen LogP contribution in [0.5, 0.6) is 0 Å². The van der Waals surface area contributed by atoms with E-state index in [-0.39, 0.29) is 11.3 Å². The minimum atomic E-state index is 0.0912. The van der Waals surface area contributed by atoms with Gasteiger partial charge in [-0.1, -0.05) is 36.8 Å². The Morgan fingerprint density at radius 3 is 2.67 bits per heavy atom. The average Bonchev–Trinajstić information content (AvgIpc) is 2.47. The molecule has 0 bridgehead atoms. The van der Waals surface area contributed by atoms with Crippen molar-refractivity contribution >= 4 is 5.91 Å². The van der Waals surface area contributed by atoms with E-state index < -0.39 is 0 Å². The summed E-state index contributed by atoms with van der Waals surface area (Å²) in [5, 5.41) is 2.97. The minimum absolute atomic E-state index is 0.0912. The molecule has 0 aromatic heterocycles. The van der Waals surface area contributed by atoms with Crippen molar-refractivity contribution in [2.45, 2.75) is 38.7 Å². The molecule has 0 heterocycles. The van der Waals surface area contributed by atoms with E-state index in [1.54, 1.807) is 0 Å². The fraction of sp³-hybridized carbons (Fsp3) is 0.588. The molecule has 1 aromatic rings. The molecule has 1 aliphatic carbocycles. The molecule has 0 spiro atoms. The van der Waals surface area contributed by atoms with Crippen LogP contribution in [0.15, 0.2) is 30.3 Å². The van der Waals surface area contributed by atoms with Crippen molar-refractivity contribution in [3.63, 3.8) is 0 Å². The molecule has 1 aliphatic rings. The highest BCUT2D eigenvalue weighted by atomic mass is 16.5. The highest BCUT2D eigenvalue weighted by Gasteiger charge is 2.37. The summed E-state index contributed by atoms with van der Waals surface area (Å²) < 4.78 is 5.58. The van der Waals surface area contributed by atoms with Crippen LogP contribution in [0.25, 0.3) is 0 Å². The number of hydrogen-bond donors (Lipinski definition) is 2. The third kappa shape index (κ3) is 5.14. The highest BCUT2D eigenvalue weighted by molar-refractivity contribution is 5.76. The van der Waals surface area contributed by atoms with E-state index >= 15 is 0 Å². The van der Waals surface area contributed by atoms with Gasteiger partial charge in [-0.05, 0) is 36.8 Å². The third-order valence-electron chi connectivity index (χ3n) is 4.28. The van der Waals surface area contributed by atoms with Crippen molar-refractivity contribution in [2.24, 2.45) is 11.1 Å². The second kappa shape index (κ2) is 8.15. The predicted molar refractivity (Wildman–Crippen MR) is 83.7 cm³/mol. The summed E-state index contributed by atoms with van der Waals surface area (Å²) in [6.07, 6.45) is 4.81. The smallest absolute Gasteiger partial charge is 0.220 e. The Morgan fingerprint density at radius 2 is 2.05 bits per heavy atom. The first-order valence-electron chi connectivity index (χ1n) is 7.83. The minimum Gasteiger partial charge on any atom is -0.377 e. The van der Waals surface area contributed by atoms with E-state index in [2.05, 4.69) is 5.32 Å². The van der Waals surface area contributed by atoms with Gasteiger partial charge in [0, 0.05) is 19.6 Å². The predicted octanol–water partition coefficient (Wildman–Crippen LogP) is 2.23. The second-order valence-corrected chi connectivity index (χ2v) is 5.98. The van der Waals surface area contributed by atoms with Crippen LogP contribution in [0.2, 0.25) is 0 Å². The molecule has 0 saturated heterocycles. The molecule has 3 N–H and O–H groups in total. The number of benzene rings is 1. The number of amides is 1. The van der Waals surface area contributed by atoms with Gasteiger partial charge in [0.05, 0.1) is 6.61 Å². The van der Waals surface area contributed by atoms with Crippen LogP contribution in [0.1, 0.15) is 37.7 Å². The quantitative estimate of drug-likeness (QED) is 0.685. The summed E-state index contributed by atoms with van der Waals surface area (Å²) in [5.41, 5.74) is 7.04. The summed E-state index contributed by atoms with van der Waals surface area (Å²) in [6.45, 7) is 2.59. The molecule has 0 unspecified atom stereocenters. The number of carbonyl (C=O) groups excluding carboxylic acids is 1. The maximum absolute atomic E-state index is 11.9. The van der Waals surface area contributed by atoms with Crippen molar-refractivity contribution in [3.8, 4) is 0 Å². The monoisotopic (exact) mass is 290 g/mol. The topological polar surface area (TPSA) is 64.4 Å². The SMILES string of the molecule is NCC1(CC(=O)NCCCOCc2ccccc2)CCC1. The number of carbonyl (C=O) groups is 1. The van der Waals surface area contributed by atoms with E-state index in [9.17, 15) is 4.79 Å². The van der Waals surface area contributed by atoms with E-state index in [1.165, 1.54) is 12.0 Å². The maximum atomic E-state index is 11.9. The summed E-state index contributed by atoms with van der Waals surface area (Å²) in [7, 11) is 0. The first-order chi connectivity index (χ1) is 10.2. The zero-order valence-electron chi connectivity index (χ0n) is 12.6. The Morgan fingerprint density at radius 1 is 1.29 bits per heavy atom. The van der Waals surface area contributed by atoms with Gasteiger partial charge in [0.25, 0.3) is 0 Å². The Kier molecular flexibility index (Phi) is 6.21. The van der Waals surface area contributed by atoms with Gasteiger partial charge in [-0.25, -0.2) is 0 Å². The van der Waals surface area contributed by atoms with Crippen LogP contribution in [0.3, 0.4) is 0 Å². The van der Waals surface area contributed by atoms with Gasteiger partial charge in [0.2, 0.25) is 5.91 Å². The highest BCUT2D eigenvalue weighted by Crippen LogP contribution is 2.42.